The number of sulfone groups is 1. The van der Waals surface area contributed by atoms with Crippen LogP contribution in [0.25, 0.3) is 0 Å². The molecule has 1 aliphatic carbocycles. The zero-order chi connectivity index (χ0) is 16.4. The van der Waals surface area contributed by atoms with Crippen LogP contribution < -0.4 is 10.1 Å². The van der Waals surface area contributed by atoms with E-state index in [9.17, 15) is 13.2 Å². The fourth-order valence-electron chi connectivity index (χ4n) is 2.84. The van der Waals surface area contributed by atoms with E-state index in [1.807, 2.05) is 18.2 Å². The van der Waals surface area contributed by atoms with E-state index in [1.165, 1.54) is 5.56 Å². The third-order valence-electron chi connectivity index (χ3n) is 4.41. The van der Waals surface area contributed by atoms with Crippen LogP contribution in [-0.4, -0.2) is 50.6 Å². The third kappa shape index (κ3) is 3.77. The van der Waals surface area contributed by atoms with Gasteiger partial charge in [0.15, 0.2) is 9.84 Å². The van der Waals surface area contributed by atoms with Crippen molar-refractivity contribution in [2.75, 3.05) is 26.0 Å². The summed E-state index contributed by atoms with van der Waals surface area (Å²) in [7, 11) is -1.40. The number of benzene rings is 1. The second kappa shape index (κ2) is 6.39. The molecule has 1 aromatic rings. The lowest BCUT2D eigenvalue weighted by molar-refractivity contribution is 0.193. The number of hydrogen-bond donors (Lipinski definition) is 1. The molecule has 2 amide bonds. The molecule has 1 aromatic carbocycles. The molecule has 0 bridgehead atoms. The van der Waals surface area contributed by atoms with Crippen molar-refractivity contribution in [2.24, 2.45) is 0 Å². The van der Waals surface area contributed by atoms with Crippen molar-refractivity contribution >= 4 is 15.9 Å². The van der Waals surface area contributed by atoms with Crippen LogP contribution in [0.3, 0.4) is 0 Å². The molecule has 2 aliphatic rings. The highest BCUT2D eigenvalue weighted by atomic mass is 32.2. The van der Waals surface area contributed by atoms with Gasteiger partial charge in [-0.3, -0.25) is 0 Å². The van der Waals surface area contributed by atoms with E-state index < -0.39 is 9.84 Å². The van der Waals surface area contributed by atoms with Gasteiger partial charge in [-0.15, -0.1) is 0 Å². The molecule has 0 aromatic heterocycles. The molecule has 0 saturated heterocycles. The van der Waals surface area contributed by atoms with Crippen molar-refractivity contribution < 1.29 is 17.9 Å². The fraction of sp³-hybridized carbons (Fsp3) is 0.562. The van der Waals surface area contributed by atoms with Crippen molar-refractivity contribution in [1.82, 2.24) is 10.2 Å². The number of fused-ring (bicyclic) bond motifs is 1. The van der Waals surface area contributed by atoms with Gasteiger partial charge in [-0.05, 0) is 42.5 Å². The first-order valence-electron chi connectivity index (χ1n) is 7.90. The smallest absolute Gasteiger partial charge is 0.317 e. The quantitative estimate of drug-likeness (QED) is 0.879. The molecule has 0 atom stereocenters. The SMILES string of the molecule is COc1ccc2c(c1)CN(C(=O)NCCS(=O)(=O)C1CC1)CC2. The summed E-state index contributed by atoms with van der Waals surface area (Å²) in [4.78, 5) is 13.9. The number of ether oxygens (including phenoxy) is 1. The van der Waals surface area contributed by atoms with Gasteiger partial charge in [0.2, 0.25) is 0 Å². The number of nitrogens with zero attached hydrogens (tertiary/aromatic N) is 1. The highest BCUT2D eigenvalue weighted by molar-refractivity contribution is 7.92. The lowest BCUT2D eigenvalue weighted by Crippen LogP contribution is -2.44. The number of methoxy groups -OCH3 is 1. The number of rotatable bonds is 5. The molecule has 23 heavy (non-hydrogen) atoms. The standard InChI is InChI=1S/C16H22N2O4S/c1-22-14-3-2-12-6-8-18(11-13(12)10-14)16(19)17-7-9-23(20,21)15-4-5-15/h2-3,10,15H,4-9,11H2,1H3,(H,17,19). The van der Waals surface area contributed by atoms with Crippen LogP contribution in [0.4, 0.5) is 4.79 Å². The Morgan fingerprint density at radius 3 is 2.83 bits per heavy atom. The minimum Gasteiger partial charge on any atom is -0.497 e. The average Bonchev–Trinajstić information content (AvgIpc) is 3.39. The van der Waals surface area contributed by atoms with Crippen LogP contribution in [0.1, 0.15) is 24.0 Å². The van der Waals surface area contributed by atoms with Crippen molar-refractivity contribution in [3.05, 3.63) is 29.3 Å². The largest absolute Gasteiger partial charge is 0.497 e. The number of hydrogen-bond acceptors (Lipinski definition) is 4. The summed E-state index contributed by atoms with van der Waals surface area (Å²) < 4.78 is 28.8. The first kappa shape index (κ1) is 16.1. The third-order valence-corrected chi connectivity index (χ3v) is 6.67. The molecule has 0 unspecified atom stereocenters. The van der Waals surface area contributed by atoms with E-state index in [0.29, 0.717) is 13.1 Å². The van der Waals surface area contributed by atoms with Gasteiger partial charge in [0.05, 0.1) is 18.1 Å². The van der Waals surface area contributed by atoms with Crippen molar-refractivity contribution in [3.63, 3.8) is 0 Å². The van der Waals surface area contributed by atoms with E-state index in [-0.39, 0.29) is 23.6 Å². The molecular formula is C16H22N2O4S. The van der Waals surface area contributed by atoms with Gasteiger partial charge in [-0.1, -0.05) is 6.07 Å². The average molecular weight is 338 g/mol. The van der Waals surface area contributed by atoms with Gasteiger partial charge < -0.3 is 15.0 Å². The molecule has 126 valence electrons. The molecule has 0 spiro atoms. The zero-order valence-corrected chi connectivity index (χ0v) is 14.1. The highest BCUT2D eigenvalue weighted by Gasteiger charge is 2.35. The zero-order valence-electron chi connectivity index (χ0n) is 13.2. The highest BCUT2D eigenvalue weighted by Crippen LogP contribution is 2.28. The molecule has 1 heterocycles. The molecular weight excluding hydrogens is 316 g/mol. The minimum absolute atomic E-state index is 0.0294. The number of carbonyl (C=O) groups is 1. The normalized spacial score (nSPS) is 17.5. The summed E-state index contributed by atoms with van der Waals surface area (Å²) in [5.41, 5.74) is 2.31. The fourth-order valence-corrected chi connectivity index (χ4v) is 4.41. The lowest BCUT2D eigenvalue weighted by atomic mass is 10.00. The number of nitrogens with one attached hydrogen (secondary N) is 1. The Labute approximate surface area is 136 Å². The first-order valence-corrected chi connectivity index (χ1v) is 9.61. The molecule has 0 radical (unpaired) electrons. The predicted molar refractivity (Wildman–Crippen MR) is 87.3 cm³/mol. The van der Waals surface area contributed by atoms with Crippen LogP contribution >= 0.6 is 0 Å². The van der Waals surface area contributed by atoms with Gasteiger partial charge in [0.25, 0.3) is 0 Å². The van der Waals surface area contributed by atoms with E-state index in [1.54, 1.807) is 12.0 Å². The topological polar surface area (TPSA) is 75.7 Å². The summed E-state index contributed by atoms with van der Waals surface area (Å²) >= 11 is 0. The van der Waals surface area contributed by atoms with E-state index in [2.05, 4.69) is 5.32 Å². The number of amides is 2. The molecule has 1 fully saturated rings. The Kier molecular flexibility index (Phi) is 4.48. The summed E-state index contributed by atoms with van der Waals surface area (Å²) in [5.74, 6) is 0.809. The predicted octanol–water partition coefficient (Wildman–Crippen LogP) is 1.34. The summed E-state index contributed by atoms with van der Waals surface area (Å²) in [6.07, 6.45) is 2.33. The van der Waals surface area contributed by atoms with Crippen LogP contribution in [0.5, 0.6) is 5.75 Å². The van der Waals surface area contributed by atoms with Crippen molar-refractivity contribution in [1.29, 1.82) is 0 Å². The van der Waals surface area contributed by atoms with Crippen molar-refractivity contribution in [3.8, 4) is 5.75 Å². The minimum atomic E-state index is -3.02. The molecule has 7 heteroatoms. The molecule has 1 saturated carbocycles. The van der Waals surface area contributed by atoms with Gasteiger partial charge in [-0.25, -0.2) is 13.2 Å². The van der Waals surface area contributed by atoms with Gasteiger partial charge in [0.1, 0.15) is 5.75 Å². The first-order chi connectivity index (χ1) is 11.0. The number of urea groups is 1. The summed E-state index contributed by atoms with van der Waals surface area (Å²) in [6, 6.07) is 5.71. The summed E-state index contributed by atoms with van der Waals surface area (Å²) in [5, 5.41) is 2.55. The summed E-state index contributed by atoms with van der Waals surface area (Å²) in [6.45, 7) is 1.34. The molecule has 6 nitrogen and oxygen atoms in total. The lowest BCUT2D eigenvalue weighted by Gasteiger charge is -2.29. The number of carbonyl (C=O) groups excluding carboxylic acids is 1. The Bertz CT molecular complexity index is 698. The maximum absolute atomic E-state index is 12.2. The van der Waals surface area contributed by atoms with Gasteiger partial charge in [0, 0.05) is 19.6 Å². The van der Waals surface area contributed by atoms with E-state index in [0.717, 1.165) is 30.6 Å². The second-order valence-corrected chi connectivity index (χ2v) is 8.51. The Hall–Kier alpha value is -1.76. The Balaban J connectivity index is 1.54. The van der Waals surface area contributed by atoms with Gasteiger partial charge >= 0.3 is 6.03 Å². The Morgan fingerprint density at radius 1 is 1.35 bits per heavy atom. The molecule has 1 aliphatic heterocycles. The van der Waals surface area contributed by atoms with Gasteiger partial charge in [-0.2, -0.15) is 0 Å². The van der Waals surface area contributed by atoms with E-state index in [4.69, 9.17) is 4.74 Å². The maximum atomic E-state index is 12.2. The van der Waals surface area contributed by atoms with Crippen molar-refractivity contribution in [2.45, 2.75) is 31.1 Å². The van der Waals surface area contributed by atoms with Crippen LogP contribution in [-0.2, 0) is 22.8 Å². The van der Waals surface area contributed by atoms with E-state index >= 15 is 0 Å². The van der Waals surface area contributed by atoms with Crippen LogP contribution in [0.15, 0.2) is 18.2 Å². The molecule has 3 rings (SSSR count). The molecule has 1 N–H and O–H groups in total. The monoisotopic (exact) mass is 338 g/mol. The van der Waals surface area contributed by atoms with Crippen LogP contribution in [0, 0.1) is 0 Å². The van der Waals surface area contributed by atoms with Crippen LogP contribution in [0.2, 0.25) is 0 Å². The Morgan fingerprint density at radius 2 is 2.13 bits per heavy atom. The second-order valence-electron chi connectivity index (χ2n) is 6.10. The maximum Gasteiger partial charge on any atom is 0.317 e.